The highest BCUT2D eigenvalue weighted by molar-refractivity contribution is 6.14. The molecule has 0 fully saturated rings. The maximum absolute atomic E-state index is 4.53. The molecular formula is C53H36N4. The summed E-state index contributed by atoms with van der Waals surface area (Å²) in [5.41, 5.74) is 20.8. The highest BCUT2D eigenvalue weighted by Gasteiger charge is 2.24. The number of aromatic amines is 2. The molecule has 0 atom stereocenters. The number of aryl methyl sites for hydroxylation is 2. The number of hydrogen-bond donors (Lipinski definition) is 2. The summed E-state index contributed by atoms with van der Waals surface area (Å²) in [7, 11) is 0. The van der Waals surface area contributed by atoms with Crippen LogP contribution in [0.15, 0.2) is 182 Å². The summed E-state index contributed by atoms with van der Waals surface area (Å²) in [4.78, 5) is 11.7. The van der Waals surface area contributed by atoms with Crippen molar-refractivity contribution in [3.63, 3.8) is 0 Å². The van der Waals surface area contributed by atoms with Gasteiger partial charge in [0.05, 0.1) is 22.2 Å². The van der Waals surface area contributed by atoms with Crippen LogP contribution in [0.2, 0.25) is 0 Å². The van der Waals surface area contributed by atoms with Crippen LogP contribution in [0.1, 0.15) is 11.1 Å². The smallest absolute Gasteiger partial charge is 0.0701 e. The van der Waals surface area contributed by atoms with Crippen LogP contribution < -0.4 is 0 Å². The van der Waals surface area contributed by atoms with E-state index in [-0.39, 0.29) is 0 Å². The third-order valence-corrected chi connectivity index (χ3v) is 12.1. The lowest BCUT2D eigenvalue weighted by molar-refractivity contribution is 0.950. The Bertz CT molecular complexity index is 3300. The second-order valence-corrected chi connectivity index (χ2v) is 15.3. The van der Waals surface area contributed by atoms with Gasteiger partial charge in [0.25, 0.3) is 0 Å². The van der Waals surface area contributed by atoms with Gasteiger partial charge in [-0.3, -0.25) is 4.98 Å². The van der Waals surface area contributed by atoms with Crippen molar-refractivity contribution in [2.75, 3.05) is 0 Å². The zero-order chi connectivity index (χ0) is 37.5. The van der Waals surface area contributed by atoms with Crippen LogP contribution in [0.4, 0.5) is 0 Å². The SMILES string of the molecule is c1ccc(-n2c3ccc(-c4ccc(-c5ccc[nH]5)cc4)cc3c3cc4c(cc32)-c2ccc3c([nH]c5ccc(-c6ccc(-c7ccccn7)cc6)cc53)c2CC4)cc1. The molecule has 1 aliphatic carbocycles. The molecule has 0 unspecified atom stereocenters. The first-order valence-corrected chi connectivity index (χ1v) is 19.7. The van der Waals surface area contributed by atoms with E-state index in [9.17, 15) is 0 Å². The second kappa shape index (κ2) is 12.6. The van der Waals surface area contributed by atoms with Gasteiger partial charge in [-0.1, -0.05) is 97.1 Å². The van der Waals surface area contributed by atoms with E-state index in [0.29, 0.717) is 0 Å². The molecule has 57 heavy (non-hydrogen) atoms. The van der Waals surface area contributed by atoms with E-state index in [1.54, 1.807) is 0 Å². The quantitative estimate of drug-likeness (QED) is 0.182. The molecular weight excluding hydrogens is 693 g/mol. The van der Waals surface area contributed by atoms with E-state index in [1.165, 1.54) is 99.4 Å². The summed E-state index contributed by atoms with van der Waals surface area (Å²) in [5.74, 6) is 0. The zero-order valence-electron chi connectivity index (χ0n) is 31.1. The van der Waals surface area contributed by atoms with Crippen LogP contribution in [0, 0.1) is 0 Å². The fraction of sp³-hybridized carbons (Fsp3) is 0.0377. The predicted octanol–water partition coefficient (Wildman–Crippen LogP) is 13.6. The Labute approximate surface area is 329 Å². The van der Waals surface area contributed by atoms with Crippen LogP contribution in [0.5, 0.6) is 0 Å². The molecule has 4 aromatic heterocycles. The minimum absolute atomic E-state index is 0.990. The summed E-state index contributed by atoms with van der Waals surface area (Å²) < 4.78 is 2.45. The molecule has 268 valence electrons. The van der Waals surface area contributed by atoms with Crippen molar-refractivity contribution in [3.05, 3.63) is 193 Å². The molecule has 1 aliphatic rings. The number of pyridine rings is 1. The summed E-state index contributed by atoms with van der Waals surface area (Å²) in [6.45, 7) is 0. The third kappa shape index (κ3) is 5.11. The summed E-state index contributed by atoms with van der Waals surface area (Å²) in [6, 6.07) is 62.1. The van der Waals surface area contributed by atoms with Gasteiger partial charge < -0.3 is 14.5 Å². The van der Waals surface area contributed by atoms with Crippen molar-refractivity contribution in [3.8, 4) is 61.6 Å². The number of aromatic nitrogens is 4. The third-order valence-electron chi connectivity index (χ3n) is 12.1. The normalized spacial score (nSPS) is 12.4. The number of nitrogens with one attached hydrogen (secondary N) is 2. The van der Waals surface area contributed by atoms with Crippen molar-refractivity contribution in [1.82, 2.24) is 19.5 Å². The van der Waals surface area contributed by atoms with Crippen LogP contribution in [-0.4, -0.2) is 19.5 Å². The van der Waals surface area contributed by atoms with Gasteiger partial charge in [0.1, 0.15) is 0 Å². The summed E-state index contributed by atoms with van der Waals surface area (Å²) in [5, 5.41) is 5.13. The van der Waals surface area contributed by atoms with Crippen molar-refractivity contribution >= 4 is 43.6 Å². The Morgan fingerprint density at radius 1 is 0.474 bits per heavy atom. The molecule has 0 radical (unpaired) electrons. The molecule has 4 nitrogen and oxygen atoms in total. The number of fused-ring (bicyclic) bond motifs is 10. The van der Waals surface area contributed by atoms with Gasteiger partial charge in [0.2, 0.25) is 0 Å². The first-order valence-electron chi connectivity index (χ1n) is 19.7. The fourth-order valence-electron chi connectivity index (χ4n) is 9.30. The minimum atomic E-state index is 0.990. The van der Waals surface area contributed by atoms with Crippen molar-refractivity contribution in [2.45, 2.75) is 12.8 Å². The number of nitrogens with zero attached hydrogens (tertiary/aromatic N) is 2. The fourth-order valence-corrected chi connectivity index (χ4v) is 9.30. The van der Waals surface area contributed by atoms with E-state index in [1.807, 2.05) is 30.6 Å². The lowest BCUT2D eigenvalue weighted by Crippen LogP contribution is -2.05. The van der Waals surface area contributed by atoms with Gasteiger partial charge in [-0.2, -0.15) is 0 Å². The average Bonchev–Trinajstić information content (AvgIpc) is 4.03. The molecule has 0 saturated heterocycles. The van der Waals surface area contributed by atoms with Gasteiger partial charge >= 0.3 is 0 Å². The van der Waals surface area contributed by atoms with E-state index < -0.39 is 0 Å². The number of benzene rings is 7. The van der Waals surface area contributed by atoms with Gasteiger partial charge in [0, 0.05) is 56.4 Å². The van der Waals surface area contributed by atoms with E-state index in [2.05, 4.69) is 171 Å². The molecule has 12 rings (SSSR count). The van der Waals surface area contributed by atoms with Crippen LogP contribution in [0.3, 0.4) is 0 Å². The van der Waals surface area contributed by atoms with Gasteiger partial charge in [-0.05, 0) is 136 Å². The van der Waals surface area contributed by atoms with Crippen molar-refractivity contribution in [2.24, 2.45) is 0 Å². The first kappa shape index (κ1) is 31.9. The molecule has 4 heterocycles. The highest BCUT2D eigenvalue weighted by atomic mass is 15.0. The Balaban J connectivity index is 0.971. The van der Waals surface area contributed by atoms with Gasteiger partial charge in [-0.25, -0.2) is 0 Å². The average molecular weight is 729 g/mol. The van der Waals surface area contributed by atoms with Crippen molar-refractivity contribution < 1.29 is 0 Å². The van der Waals surface area contributed by atoms with Crippen LogP contribution in [-0.2, 0) is 12.8 Å². The minimum Gasteiger partial charge on any atom is -0.361 e. The van der Waals surface area contributed by atoms with Crippen LogP contribution in [0.25, 0.3) is 105 Å². The molecule has 4 heteroatoms. The summed E-state index contributed by atoms with van der Waals surface area (Å²) in [6.07, 6.45) is 5.81. The Morgan fingerprint density at radius 2 is 1.19 bits per heavy atom. The number of hydrogen-bond acceptors (Lipinski definition) is 1. The summed E-state index contributed by atoms with van der Waals surface area (Å²) >= 11 is 0. The Morgan fingerprint density at radius 3 is 1.96 bits per heavy atom. The largest absolute Gasteiger partial charge is 0.361 e. The molecule has 11 aromatic rings. The Hall–Kier alpha value is -7.43. The van der Waals surface area contributed by atoms with E-state index in [4.69, 9.17) is 0 Å². The van der Waals surface area contributed by atoms with Gasteiger partial charge in [-0.15, -0.1) is 0 Å². The topological polar surface area (TPSA) is 49.4 Å². The second-order valence-electron chi connectivity index (χ2n) is 15.3. The molecule has 0 spiro atoms. The number of rotatable bonds is 5. The predicted molar refractivity (Wildman–Crippen MR) is 237 cm³/mol. The lowest BCUT2D eigenvalue weighted by Gasteiger charge is -2.21. The maximum Gasteiger partial charge on any atom is 0.0701 e. The standard InChI is InChI=1S/C53H36N4/c1-2-7-40(8-3-1)57-51-26-21-38(34-13-17-36(18-14-34)49-10-6-28-55-49)30-46(51)47-31-39-19-22-42-41(44(39)32-52(47)57)23-24-43-45-29-37(20-25-50(45)56-53(42)43)33-11-15-35(16-12-33)48-9-4-5-27-54-48/h1-18,20-21,23-32,55-56H,19,22H2. The molecule has 0 amide bonds. The lowest BCUT2D eigenvalue weighted by atomic mass is 9.83. The molecule has 0 bridgehead atoms. The zero-order valence-corrected chi connectivity index (χ0v) is 31.1. The number of H-pyrrole nitrogens is 2. The monoisotopic (exact) mass is 728 g/mol. The molecule has 0 aliphatic heterocycles. The first-order chi connectivity index (χ1) is 28.2. The van der Waals surface area contributed by atoms with Crippen molar-refractivity contribution in [1.29, 1.82) is 0 Å². The molecule has 7 aromatic carbocycles. The Kier molecular flexibility index (Phi) is 7.02. The highest BCUT2D eigenvalue weighted by Crippen LogP contribution is 2.44. The van der Waals surface area contributed by atoms with Crippen LogP contribution >= 0.6 is 0 Å². The van der Waals surface area contributed by atoms with E-state index in [0.717, 1.165) is 29.8 Å². The molecule has 0 saturated carbocycles. The van der Waals surface area contributed by atoms with Gasteiger partial charge in [0.15, 0.2) is 0 Å². The number of para-hydroxylation sites is 1. The molecule has 2 N–H and O–H groups in total. The van der Waals surface area contributed by atoms with E-state index >= 15 is 0 Å². The maximum atomic E-state index is 4.53.